The number of aromatic nitrogens is 4. The number of hydrogen-bond acceptors (Lipinski definition) is 7. The molecule has 10 nitrogen and oxygen atoms in total. The van der Waals surface area contributed by atoms with Crippen molar-refractivity contribution in [1.29, 1.82) is 0 Å². The van der Waals surface area contributed by atoms with Crippen molar-refractivity contribution in [3.63, 3.8) is 0 Å². The number of likely N-dealkylation sites (tertiary alicyclic amines) is 1. The van der Waals surface area contributed by atoms with Crippen LogP contribution in [0.2, 0.25) is 0 Å². The molecule has 1 saturated heterocycles. The van der Waals surface area contributed by atoms with Gasteiger partial charge in [0.25, 0.3) is 0 Å². The van der Waals surface area contributed by atoms with Crippen LogP contribution < -0.4 is 16.2 Å². The molecule has 1 aliphatic rings. The second kappa shape index (κ2) is 10.9. The summed E-state index contributed by atoms with van der Waals surface area (Å²) in [5, 5.41) is 0. The molecular weight excluding hydrogens is 482 g/mol. The van der Waals surface area contributed by atoms with E-state index < -0.39 is 0 Å². The highest BCUT2D eigenvalue weighted by molar-refractivity contribution is 5.87. The zero-order valence-corrected chi connectivity index (χ0v) is 21.5. The molecule has 2 aromatic carbocycles. The van der Waals surface area contributed by atoms with Crippen molar-refractivity contribution in [3.8, 4) is 17.2 Å². The second-order valence-electron chi connectivity index (χ2n) is 9.67. The lowest BCUT2D eigenvalue weighted by atomic mass is 10.1. The molecule has 196 valence electrons. The van der Waals surface area contributed by atoms with Gasteiger partial charge in [0, 0.05) is 32.3 Å². The highest BCUT2D eigenvalue weighted by Gasteiger charge is 2.28. The molecule has 1 amide bonds. The maximum Gasteiger partial charge on any atom is 0.335 e. The van der Waals surface area contributed by atoms with Crippen molar-refractivity contribution in [1.82, 2.24) is 28.9 Å². The summed E-state index contributed by atoms with van der Waals surface area (Å²) in [5.41, 5.74) is 7.56. The molecule has 2 aromatic heterocycles. The minimum absolute atomic E-state index is 0.00601. The summed E-state index contributed by atoms with van der Waals surface area (Å²) in [6.45, 7) is 2.37. The fraction of sp³-hybridized carbons (Fsp3) is 0.286. The SMILES string of the molecule is CN(C)C/C=C/C(=O)N1CC[C@@H](Cn2c(=O)n(-c3ccc(Oc4ccccc4)cc3)c3c(N)ncnc32)C1. The number of rotatable bonds is 8. The standard InChI is InChI=1S/C28H31N7O3/c1-32(2)15-6-9-24(36)33-16-14-20(17-33)18-34-27-25(26(29)30-19-31-27)35(28(34)37)21-10-12-23(13-11-21)38-22-7-4-3-5-8-22/h3-13,19-20H,14-18H2,1-2H3,(H2,29,30,31)/b9-6+/t20-/m1/s1. The number of anilines is 1. The number of benzene rings is 2. The van der Waals surface area contributed by atoms with Crippen molar-refractivity contribution in [3.05, 3.63) is 83.6 Å². The van der Waals surface area contributed by atoms with Crippen LogP contribution in [0.25, 0.3) is 16.9 Å². The van der Waals surface area contributed by atoms with Crippen molar-refractivity contribution >= 4 is 22.9 Å². The Kier molecular flexibility index (Phi) is 7.23. The molecule has 38 heavy (non-hydrogen) atoms. The Morgan fingerprint density at radius 1 is 1.11 bits per heavy atom. The third-order valence-electron chi connectivity index (χ3n) is 6.58. The third-order valence-corrected chi connectivity index (χ3v) is 6.58. The number of imidazole rings is 1. The van der Waals surface area contributed by atoms with E-state index in [9.17, 15) is 9.59 Å². The summed E-state index contributed by atoms with van der Waals surface area (Å²) in [4.78, 5) is 38.6. The smallest absolute Gasteiger partial charge is 0.335 e. The minimum atomic E-state index is -0.250. The largest absolute Gasteiger partial charge is 0.457 e. The number of hydrogen-bond donors (Lipinski definition) is 1. The van der Waals surface area contributed by atoms with E-state index >= 15 is 0 Å². The topological polar surface area (TPSA) is 112 Å². The molecule has 0 unspecified atom stereocenters. The van der Waals surface area contributed by atoms with Crippen LogP contribution in [0.15, 0.2) is 77.9 Å². The van der Waals surface area contributed by atoms with Crippen molar-refractivity contribution in [2.24, 2.45) is 5.92 Å². The molecule has 1 atom stereocenters. The lowest BCUT2D eigenvalue weighted by molar-refractivity contribution is -0.125. The van der Waals surface area contributed by atoms with Gasteiger partial charge in [-0.25, -0.2) is 14.8 Å². The summed E-state index contributed by atoms with van der Waals surface area (Å²) in [5.74, 6) is 1.72. The first-order valence-corrected chi connectivity index (χ1v) is 12.6. The number of likely N-dealkylation sites (N-methyl/N-ethyl adjacent to an activating group) is 1. The highest BCUT2D eigenvalue weighted by atomic mass is 16.5. The Labute approximate surface area is 220 Å². The van der Waals surface area contributed by atoms with Gasteiger partial charge >= 0.3 is 5.69 Å². The monoisotopic (exact) mass is 513 g/mol. The average molecular weight is 514 g/mol. The molecule has 0 spiro atoms. The molecule has 5 rings (SSSR count). The minimum Gasteiger partial charge on any atom is -0.457 e. The molecule has 3 heterocycles. The molecule has 0 aliphatic carbocycles. The van der Waals surface area contributed by atoms with Crippen LogP contribution in [0, 0.1) is 5.92 Å². The molecule has 4 aromatic rings. The van der Waals surface area contributed by atoms with Gasteiger partial charge in [-0.3, -0.25) is 13.9 Å². The van der Waals surface area contributed by atoms with Crippen LogP contribution in [0.1, 0.15) is 6.42 Å². The van der Waals surface area contributed by atoms with E-state index in [-0.39, 0.29) is 23.3 Å². The molecule has 1 fully saturated rings. The molecule has 2 N–H and O–H groups in total. The maximum atomic E-state index is 13.7. The fourth-order valence-corrected chi connectivity index (χ4v) is 4.70. The number of ether oxygens (including phenoxy) is 1. The summed E-state index contributed by atoms with van der Waals surface area (Å²) in [7, 11) is 3.91. The van der Waals surface area contributed by atoms with Gasteiger partial charge in [-0.1, -0.05) is 24.3 Å². The fourth-order valence-electron chi connectivity index (χ4n) is 4.70. The number of fused-ring (bicyclic) bond motifs is 1. The van der Waals surface area contributed by atoms with E-state index in [0.29, 0.717) is 48.8 Å². The number of carbonyl (C=O) groups is 1. The van der Waals surface area contributed by atoms with Crippen molar-refractivity contribution in [2.45, 2.75) is 13.0 Å². The average Bonchev–Trinajstić information content (AvgIpc) is 3.49. The normalized spacial score (nSPS) is 15.7. The second-order valence-corrected chi connectivity index (χ2v) is 9.67. The van der Waals surface area contributed by atoms with Gasteiger partial charge in [-0.05, 0) is 62.8 Å². The number of nitrogen functional groups attached to an aromatic ring is 1. The zero-order valence-electron chi connectivity index (χ0n) is 21.5. The lowest BCUT2D eigenvalue weighted by Crippen LogP contribution is -2.30. The number of amides is 1. The van der Waals surface area contributed by atoms with Crippen LogP contribution in [-0.4, -0.2) is 68.5 Å². The van der Waals surface area contributed by atoms with Gasteiger partial charge in [0.15, 0.2) is 11.5 Å². The van der Waals surface area contributed by atoms with Gasteiger partial charge in [-0.15, -0.1) is 0 Å². The van der Waals surface area contributed by atoms with Crippen LogP contribution in [-0.2, 0) is 11.3 Å². The molecule has 0 radical (unpaired) electrons. The van der Waals surface area contributed by atoms with Crippen molar-refractivity contribution < 1.29 is 9.53 Å². The Morgan fingerprint density at radius 2 is 1.84 bits per heavy atom. The van der Waals surface area contributed by atoms with Gasteiger partial charge < -0.3 is 20.3 Å². The predicted octanol–water partition coefficient (Wildman–Crippen LogP) is 2.92. The molecular formula is C28H31N7O3. The number of para-hydroxylation sites is 1. The molecule has 1 aliphatic heterocycles. The first kappa shape index (κ1) is 25.2. The Balaban J connectivity index is 1.39. The summed E-state index contributed by atoms with van der Waals surface area (Å²) in [6.07, 6.45) is 5.66. The van der Waals surface area contributed by atoms with Crippen molar-refractivity contribution in [2.75, 3.05) is 39.5 Å². The van der Waals surface area contributed by atoms with Gasteiger partial charge in [0.05, 0.1) is 5.69 Å². The van der Waals surface area contributed by atoms with E-state index in [1.807, 2.05) is 84.6 Å². The van der Waals surface area contributed by atoms with E-state index in [1.165, 1.54) is 6.33 Å². The number of carbonyl (C=O) groups excluding carboxylic acids is 1. The van der Waals surface area contributed by atoms with Gasteiger partial charge in [-0.2, -0.15) is 0 Å². The van der Waals surface area contributed by atoms with E-state index in [4.69, 9.17) is 10.5 Å². The van der Waals surface area contributed by atoms with E-state index in [2.05, 4.69) is 9.97 Å². The van der Waals surface area contributed by atoms with Crippen LogP contribution in [0.3, 0.4) is 0 Å². The first-order chi connectivity index (χ1) is 18.4. The van der Waals surface area contributed by atoms with Crippen LogP contribution in [0.5, 0.6) is 11.5 Å². The van der Waals surface area contributed by atoms with Gasteiger partial charge in [0.1, 0.15) is 23.3 Å². The predicted molar refractivity (Wildman–Crippen MR) is 146 cm³/mol. The Morgan fingerprint density at radius 3 is 2.58 bits per heavy atom. The summed E-state index contributed by atoms with van der Waals surface area (Å²) < 4.78 is 9.07. The van der Waals surface area contributed by atoms with Crippen LogP contribution in [0.4, 0.5) is 5.82 Å². The summed E-state index contributed by atoms with van der Waals surface area (Å²) in [6, 6.07) is 16.7. The third kappa shape index (κ3) is 5.30. The van der Waals surface area contributed by atoms with E-state index in [1.54, 1.807) is 15.2 Å². The van der Waals surface area contributed by atoms with Crippen LogP contribution >= 0.6 is 0 Å². The number of nitrogens with two attached hydrogens (primary N) is 1. The molecule has 0 bridgehead atoms. The number of nitrogens with zero attached hydrogens (tertiary/aromatic N) is 6. The van der Waals surface area contributed by atoms with E-state index in [0.717, 1.165) is 12.2 Å². The first-order valence-electron chi connectivity index (χ1n) is 12.6. The zero-order chi connectivity index (χ0) is 26.6. The Hall–Kier alpha value is -4.44. The lowest BCUT2D eigenvalue weighted by Gasteiger charge is -2.15. The maximum absolute atomic E-state index is 13.7. The molecule has 10 heteroatoms. The highest BCUT2D eigenvalue weighted by Crippen LogP contribution is 2.26. The Bertz CT molecular complexity index is 1510. The van der Waals surface area contributed by atoms with Gasteiger partial charge in [0.2, 0.25) is 5.91 Å². The quantitative estimate of drug-likeness (QED) is 0.361. The molecule has 0 saturated carbocycles. The summed E-state index contributed by atoms with van der Waals surface area (Å²) >= 11 is 0.